The molecule has 0 saturated carbocycles. The van der Waals surface area contributed by atoms with E-state index in [1.807, 2.05) is 0 Å². The summed E-state index contributed by atoms with van der Waals surface area (Å²) in [4.78, 5) is 0. The highest BCUT2D eigenvalue weighted by molar-refractivity contribution is 9.11. The maximum atomic E-state index is 3.74. The van der Waals surface area contributed by atoms with Crippen LogP contribution in [0.15, 0.2) is 53.0 Å². The normalized spacial score (nSPS) is 13.9. The lowest BCUT2D eigenvalue weighted by atomic mass is 9.99. The molecular formula is C17H15Br. The zero-order valence-corrected chi connectivity index (χ0v) is 12.0. The quantitative estimate of drug-likeness (QED) is 0.740. The molecule has 0 aromatic heterocycles. The summed E-state index contributed by atoms with van der Waals surface area (Å²) in [6.07, 6.45) is 2.05. The van der Waals surface area contributed by atoms with Gasteiger partial charge in [0, 0.05) is 10.9 Å². The fourth-order valence-electron chi connectivity index (χ4n) is 2.49. The van der Waals surface area contributed by atoms with E-state index in [-0.39, 0.29) is 0 Å². The molecule has 0 unspecified atom stereocenters. The second-order valence-electron chi connectivity index (χ2n) is 4.88. The lowest BCUT2D eigenvalue weighted by molar-refractivity contribution is 1.27. The van der Waals surface area contributed by atoms with Gasteiger partial charge >= 0.3 is 0 Å². The van der Waals surface area contributed by atoms with Crippen molar-refractivity contribution < 1.29 is 0 Å². The van der Waals surface area contributed by atoms with E-state index in [4.69, 9.17) is 0 Å². The highest BCUT2D eigenvalue weighted by Gasteiger charge is 2.19. The van der Waals surface area contributed by atoms with Gasteiger partial charge in [-0.1, -0.05) is 70.0 Å². The van der Waals surface area contributed by atoms with Gasteiger partial charge in [0.2, 0.25) is 0 Å². The molecule has 2 aromatic rings. The summed E-state index contributed by atoms with van der Waals surface area (Å²) in [7, 11) is 0. The maximum Gasteiger partial charge on any atom is 0.00498 e. The van der Waals surface area contributed by atoms with Crippen LogP contribution >= 0.6 is 15.9 Å². The zero-order valence-electron chi connectivity index (χ0n) is 10.4. The molecule has 1 aliphatic carbocycles. The molecule has 0 amide bonds. The Balaban J connectivity index is 1.93. The van der Waals surface area contributed by atoms with Crippen LogP contribution in [0.5, 0.6) is 0 Å². The molecule has 1 heteroatoms. The first-order valence-electron chi connectivity index (χ1n) is 6.25. The van der Waals surface area contributed by atoms with Gasteiger partial charge in [-0.3, -0.25) is 0 Å². The third kappa shape index (κ3) is 2.15. The number of hydrogen-bond donors (Lipinski definition) is 0. The van der Waals surface area contributed by atoms with Crippen LogP contribution in [0.2, 0.25) is 0 Å². The van der Waals surface area contributed by atoms with Crippen LogP contribution < -0.4 is 0 Å². The molecule has 90 valence electrons. The smallest absolute Gasteiger partial charge is 0.00498 e. The Morgan fingerprint density at radius 2 is 1.72 bits per heavy atom. The van der Waals surface area contributed by atoms with Crippen molar-refractivity contribution in [2.75, 3.05) is 0 Å². The maximum absolute atomic E-state index is 3.74. The van der Waals surface area contributed by atoms with Gasteiger partial charge in [0.05, 0.1) is 0 Å². The van der Waals surface area contributed by atoms with Crippen LogP contribution in [0.4, 0.5) is 0 Å². The van der Waals surface area contributed by atoms with Crippen molar-refractivity contribution in [3.8, 4) is 0 Å². The van der Waals surface area contributed by atoms with Gasteiger partial charge in [-0.15, -0.1) is 0 Å². The Kier molecular flexibility index (Phi) is 3.09. The topological polar surface area (TPSA) is 0 Å². The lowest BCUT2D eigenvalue weighted by Crippen LogP contribution is -1.90. The minimum Gasteiger partial charge on any atom is -0.0619 e. The van der Waals surface area contributed by atoms with Gasteiger partial charge in [-0.25, -0.2) is 0 Å². The highest BCUT2D eigenvalue weighted by Crippen LogP contribution is 2.37. The Morgan fingerprint density at radius 3 is 2.50 bits per heavy atom. The van der Waals surface area contributed by atoms with Crippen LogP contribution in [0.25, 0.3) is 5.57 Å². The Labute approximate surface area is 116 Å². The van der Waals surface area contributed by atoms with E-state index in [9.17, 15) is 0 Å². The number of fused-ring (bicyclic) bond motifs is 1. The van der Waals surface area contributed by atoms with Crippen LogP contribution in [-0.2, 0) is 12.8 Å². The number of aryl methyl sites for hydroxylation is 1. The molecular weight excluding hydrogens is 284 g/mol. The predicted molar refractivity (Wildman–Crippen MR) is 80.9 cm³/mol. The van der Waals surface area contributed by atoms with Gasteiger partial charge in [0.1, 0.15) is 0 Å². The van der Waals surface area contributed by atoms with E-state index in [1.165, 1.54) is 32.3 Å². The Hall–Kier alpha value is -1.34. The highest BCUT2D eigenvalue weighted by atomic mass is 79.9. The molecule has 3 rings (SSSR count). The molecule has 0 atom stereocenters. The summed E-state index contributed by atoms with van der Waals surface area (Å²) in [6, 6.07) is 17.5. The molecule has 18 heavy (non-hydrogen) atoms. The SMILES string of the molecule is Cc1ccc(CC2=C(Br)Cc3ccccc32)cc1. The number of benzene rings is 2. The van der Waals surface area contributed by atoms with Gasteiger partial charge < -0.3 is 0 Å². The van der Waals surface area contributed by atoms with E-state index in [0.29, 0.717) is 0 Å². The largest absolute Gasteiger partial charge is 0.0619 e. The van der Waals surface area contributed by atoms with Gasteiger partial charge in [-0.05, 0) is 35.6 Å². The average molecular weight is 299 g/mol. The van der Waals surface area contributed by atoms with Gasteiger partial charge in [0.15, 0.2) is 0 Å². The molecule has 0 heterocycles. The monoisotopic (exact) mass is 298 g/mol. The molecule has 0 spiro atoms. The standard InChI is InChI=1S/C17H15Br/c1-12-6-8-13(9-7-12)10-16-15-5-3-2-4-14(15)11-17(16)18/h2-9H,10-11H2,1H3. The van der Waals surface area contributed by atoms with Crippen molar-refractivity contribution >= 4 is 21.5 Å². The summed E-state index contributed by atoms with van der Waals surface area (Å²) in [5, 5.41) is 0. The van der Waals surface area contributed by atoms with Crippen molar-refractivity contribution in [1.29, 1.82) is 0 Å². The second-order valence-corrected chi connectivity index (χ2v) is 5.84. The minimum atomic E-state index is 1.01. The lowest BCUT2D eigenvalue weighted by Gasteiger charge is -2.07. The third-order valence-electron chi connectivity index (χ3n) is 3.52. The molecule has 0 radical (unpaired) electrons. The van der Waals surface area contributed by atoms with E-state index >= 15 is 0 Å². The summed E-state index contributed by atoms with van der Waals surface area (Å²) < 4.78 is 1.34. The first kappa shape index (κ1) is 11.7. The number of allylic oxidation sites excluding steroid dienone is 2. The fraction of sp³-hybridized carbons (Fsp3) is 0.176. The van der Waals surface area contributed by atoms with Crippen LogP contribution in [0.3, 0.4) is 0 Å². The Morgan fingerprint density at radius 1 is 1.00 bits per heavy atom. The van der Waals surface area contributed by atoms with Crippen molar-refractivity contribution in [3.05, 3.63) is 75.3 Å². The van der Waals surface area contributed by atoms with Gasteiger partial charge in [0.25, 0.3) is 0 Å². The summed E-state index contributed by atoms with van der Waals surface area (Å²) in [5.41, 5.74) is 6.98. The molecule has 1 aliphatic rings. The van der Waals surface area contributed by atoms with E-state index in [1.54, 1.807) is 0 Å². The van der Waals surface area contributed by atoms with Crippen molar-refractivity contribution in [2.24, 2.45) is 0 Å². The molecule has 0 bridgehead atoms. The van der Waals surface area contributed by atoms with Crippen LogP contribution in [-0.4, -0.2) is 0 Å². The zero-order chi connectivity index (χ0) is 12.5. The molecule has 0 saturated heterocycles. The predicted octanol–water partition coefficient (Wildman–Crippen LogP) is 4.90. The van der Waals surface area contributed by atoms with Crippen molar-refractivity contribution in [2.45, 2.75) is 19.8 Å². The summed E-state index contributed by atoms with van der Waals surface area (Å²) in [6.45, 7) is 2.13. The van der Waals surface area contributed by atoms with Crippen LogP contribution in [0, 0.1) is 6.92 Å². The average Bonchev–Trinajstić information content (AvgIpc) is 2.69. The second kappa shape index (κ2) is 4.74. The molecule has 0 nitrogen and oxygen atoms in total. The van der Waals surface area contributed by atoms with E-state index in [2.05, 4.69) is 71.4 Å². The summed E-state index contributed by atoms with van der Waals surface area (Å²) in [5.74, 6) is 0. The first-order chi connectivity index (χ1) is 8.74. The van der Waals surface area contributed by atoms with Gasteiger partial charge in [-0.2, -0.15) is 0 Å². The Bertz CT molecular complexity index is 606. The van der Waals surface area contributed by atoms with Crippen LogP contribution in [0.1, 0.15) is 22.3 Å². The molecule has 0 N–H and O–H groups in total. The summed E-state index contributed by atoms with van der Waals surface area (Å²) >= 11 is 3.74. The minimum absolute atomic E-state index is 1.01. The number of halogens is 1. The molecule has 0 fully saturated rings. The van der Waals surface area contributed by atoms with E-state index in [0.717, 1.165) is 12.8 Å². The number of hydrogen-bond acceptors (Lipinski definition) is 0. The van der Waals surface area contributed by atoms with Crippen molar-refractivity contribution in [3.63, 3.8) is 0 Å². The molecule has 2 aromatic carbocycles. The van der Waals surface area contributed by atoms with Crippen molar-refractivity contribution in [1.82, 2.24) is 0 Å². The third-order valence-corrected chi connectivity index (χ3v) is 4.28. The first-order valence-corrected chi connectivity index (χ1v) is 7.04. The van der Waals surface area contributed by atoms with E-state index < -0.39 is 0 Å². The fourth-order valence-corrected chi connectivity index (χ4v) is 3.15. The molecule has 0 aliphatic heterocycles. The number of rotatable bonds is 2.